The number of allylic oxidation sites excluding steroid dienone is 4. The van der Waals surface area contributed by atoms with E-state index in [1.165, 1.54) is 128 Å². The number of nitrogens with zero attached hydrogens (tertiary/aromatic N) is 8. The molecule has 4 aromatic rings. The Bertz CT molecular complexity index is 2780. The lowest BCUT2D eigenvalue weighted by molar-refractivity contribution is 0.134. The summed E-state index contributed by atoms with van der Waals surface area (Å²) in [5, 5.41) is 1.68. The van der Waals surface area contributed by atoms with Crippen molar-refractivity contribution in [1.82, 2.24) is 19.6 Å². The molecule has 10 fully saturated rings. The van der Waals surface area contributed by atoms with Gasteiger partial charge in [0, 0.05) is 151 Å². The molecule has 0 amide bonds. The van der Waals surface area contributed by atoms with Crippen molar-refractivity contribution < 1.29 is 8.78 Å². The maximum Gasteiger partial charge on any atom is 0.146 e. The van der Waals surface area contributed by atoms with Crippen LogP contribution in [-0.4, -0.2) is 149 Å². The fourth-order valence-corrected chi connectivity index (χ4v) is 18.3. The standard InChI is InChI=1S/C18H23ClN2.C18H23FN2.C17H23ClN2.C17H23FN2/c19-17-2-1-3-18(12-17)21-8-6-20(7-9-21)13-16-11-14-4-5-15(16)10-14;19-17-3-1-2-4-18(17)21-9-7-20(8-10-21)13-16-12-14-5-6-15(16)11-14;18-15-2-1-3-16(12-15)19-6-8-20(9-7-19)17-11-13-4-5-14(17)10-13;18-15-3-1-2-4-16(15)19-7-9-20(10-8-19)17-12-13-5-6-14(17)11-13/h1-5,12,14-16H,6-11,13H2;1-6,14-16H,7-13H2;1-3,12-14,17H,4-11H2;1-4,13-14,17H,5-12H2. The zero-order chi connectivity index (χ0) is 55.5. The largest absolute Gasteiger partial charge is 0.369 e. The molecule has 4 aliphatic heterocycles. The van der Waals surface area contributed by atoms with E-state index < -0.39 is 0 Å². The van der Waals surface area contributed by atoms with Crippen LogP contribution in [0.3, 0.4) is 0 Å². The molecule has 0 aromatic heterocycles. The van der Waals surface area contributed by atoms with E-state index in [-0.39, 0.29) is 11.6 Å². The van der Waals surface area contributed by atoms with Gasteiger partial charge in [0.2, 0.25) is 0 Å². The van der Waals surface area contributed by atoms with Crippen molar-refractivity contribution in [3.8, 4) is 0 Å². The number of anilines is 4. The van der Waals surface area contributed by atoms with Crippen LogP contribution >= 0.6 is 23.2 Å². The minimum absolute atomic E-state index is 0.0825. The van der Waals surface area contributed by atoms with Crippen molar-refractivity contribution in [2.75, 3.05) is 137 Å². The van der Waals surface area contributed by atoms with E-state index in [1.54, 1.807) is 24.3 Å². The Morgan fingerprint density at radius 3 is 1.13 bits per heavy atom. The van der Waals surface area contributed by atoms with Crippen LogP contribution in [-0.2, 0) is 0 Å². The summed E-state index contributed by atoms with van der Waals surface area (Å²) in [6, 6.07) is 32.6. The van der Waals surface area contributed by atoms with E-state index in [1.807, 2.05) is 42.5 Å². The fourth-order valence-electron chi connectivity index (χ4n) is 17.9. The third-order valence-electron chi connectivity index (χ3n) is 22.3. The van der Waals surface area contributed by atoms with E-state index in [4.69, 9.17) is 23.2 Å². The molecule has 0 spiro atoms. The van der Waals surface area contributed by atoms with Crippen molar-refractivity contribution in [2.45, 2.75) is 89.1 Å². The van der Waals surface area contributed by atoms with Crippen molar-refractivity contribution >= 4 is 46.0 Å². The minimum Gasteiger partial charge on any atom is -0.369 e. The predicted octanol–water partition coefficient (Wildman–Crippen LogP) is 13.6. The van der Waals surface area contributed by atoms with Gasteiger partial charge in [-0.25, -0.2) is 8.78 Å². The monoisotopic (exact) mass is 1150 g/mol. The molecule has 16 rings (SSSR count). The van der Waals surface area contributed by atoms with Gasteiger partial charge in [0.05, 0.1) is 11.4 Å². The van der Waals surface area contributed by atoms with Gasteiger partial charge >= 0.3 is 0 Å². The van der Waals surface area contributed by atoms with Crippen molar-refractivity contribution in [1.29, 1.82) is 0 Å². The number of fused-ring (bicyclic) bond motifs is 8. The van der Waals surface area contributed by atoms with Gasteiger partial charge in [-0.1, -0.05) is 96.7 Å². The van der Waals surface area contributed by atoms with E-state index in [2.05, 4.69) is 93.8 Å². The molecule has 8 aliphatic carbocycles. The highest BCUT2D eigenvalue weighted by molar-refractivity contribution is 6.31. The molecular formula is C70H92Cl2F2N8. The number of rotatable bonds is 10. The van der Waals surface area contributed by atoms with E-state index in [0.29, 0.717) is 0 Å². The summed E-state index contributed by atoms with van der Waals surface area (Å²) in [6.45, 7) is 20.0. The van der Waals surface area contributed by atoms with Crippen LogP contribution in [0.2, 0.25) is 10.0 Å². The maximum atomic E-state index is 13.8. The van der Waals surface area contributed by atoms with Crippen LogP contribution in [0.4, 0.5) is 31.5 Å². The Morgan fingerprint density at radius 1 is 0.378 bits per heavy atom. The number of para-hydroxylation sites is 2. The number of hydrogen-bond acceptors (Lipinski definition) is 8. The van der Waals surface area contributed by atoms with Gasteiger partial charge in [-0.15, -0.1) is 0 Å². The van der Waals surface area contributed by atoms with Crippen molar-refractivity contribution in [2.24, 2.45) is 59.2 Å². The minimum atomic E-state index is -0.0933. The first kappa shape index (κ1) is 56.9. The summed E-state index contributed by atoms with van der Waals surface area (Å²) in [6.07, 6.45) is 27.2. The first-order valence-electron chi connectivity index (χ1n) is 32.5. The number of hydrogen-bond donors (Lipinski definition) is 0. The molecule has 4 saturated heterocycles. The van der Waals surface area contributed by atoms with Gasteiger partial charge in [-0.05, 0) is 184 Å². The zero-order valence-corrected chi connectivity index (χ0v) is 50.3. The summed E-state index contributed by atoms with van der Waals surface area (Å²) in [4.78, 5) is 20.0. The Morgan fingerprint density at radius 2 is 0.780 bits per heavy atom. The summed E-state index contributed by atoms with van der Waals surface area (Å²) in [5.41, 5.74) is 4.09. The molecule has 12 aliphatic rings. The summed E-state index contributed by atoms with van der Waals surface area (Å²) >= 11 is 12.2. The van der Waals surface area contributed by atoms with Gasteiger partial charge in [-0.2, -0.15) is 0 Å². The second-order valence-electron chi connectivity index (χ2n) is 27.0. The van der Waals surface area contributed by atoms with Gasteiger partial charge < -0.3 is 19.6 Å². The molecule has 8 bridgehead atoms. The molecule has 8 nitrogen and oxygen atoms in total. The molecule has 12 unspecified atom stereocenters. The number of piperazine rings is 4. The quantitative estimate of drug-likeness (QED) is 0.145. The second-order valence-corrected chi connectivity index (χ2v) is 27.9. The molecule has 4 aromatic carbocycles. The van der Waals surface area contributed by atoms with Crippen LogP contribution in [0.5, 0.6) is 0 Å². The second kappa shape index (κ2) is 26.2. The lowest BCUT2D eigenvalue weighted by Gasteiger charge is -2.41. The number of benzene rings is 4. The lowest BCUT2D eigenvalue weighted by Crippen LogP contribution is -2.52. The van der Waals surface area contributed by atoms with Crippen LogP contribution < -0.4 is 19.6 Å². The summed E-state index contributed by atoms with van der Waals surface area (Å²) < 4.78 is 27.7. The average Bonchev–Trinajstić information content (AvgIpc) is 4.52. The number of halogens is 4. The highest BCUT2D eigenvalue weighted by Crippen LogP contribution is 2.49. The Hall–Kier alpha value is -4.16. The molecule has 4 heterocycles. The van der Waals surface area contributed by atoms with E-state index >= 15 is 0 Å². The first-order chi connectivity index (χ1) is 40.2. The Balaban J connectivity index is 0.000000103. The maximum absolute atomic E-state index is 13.8. The first-order valence-corrected chi connectivity index (χ1v) is 33.2. The molecule has 0 N–H and O–H groups in total. The molecule has 82 heavy (non-hydrogen) atoms. The fraction of sp³-hybridized carbons (Fsp3) is 0.600. The highest BCUT2D eigenvalue weighted by Gasteiger charge is 2.45. The van der Waals surface area contributed by atoms with Crippen LogP contribution in [0.15, 0.2) is 121 Å². The molecule has 0 radical (unpaired) electrons. The summed E-state index contributed by atoms with van der Waals surface area (Å²) in [7, 11) is 0. The van der Waals surface area contributed by atoms with Crippen molar-refractivity contribution in [3.05, 3.63) is 143 Å². The Labute approximate surface area is 500 Å². The van der Waals surface area contributed by atoms with Gasteiger partial charge in [0.1, 0.15) is 11.6 Å². The van der Waals surface area contributed by atoms with Gasteiger partial charge in [-0.3, -0.25) is 19.6 Å². The predicted molar refractivity (Wildman–Crippen MR) is 337 cm³/mol. The van der Waals surface area contributed by atoms with Crippen LogP contribution in [0.1, 0.15) is 77.0 Å². The lowest BCUT2D eigenvalue weighted by atomic mass is 9.93. The van der Waals surface area contributed by atoms with E-state index in [0.717, 1.165) is 171 Å². The van der Waals surface area contributed by atoms with E-state index in [9.17, 15) is 8.78 Å². The smallest absolute Gasteiger partial charge is 0.146 e. The third-order valence-corrected chi connectivity index (χ3v) is 22.7. The third kappa shape index (κ3) is 13.4. The molecule has 440 valence electrons. The van der Waals surface area contributed by atoms with Gasteiger partial charge in [0.15, 0.2) is 0 Å². The van der Waals surface area contributed by atoms with Crippen LogP contribution in [0.25, 0.3) is 0 Å². The topological polar surface area (TPSA) is 25.9 Å². The molecular weight excluding hydrogens is 1060 g/mol. The molecule has 12 heteroatoms. The zero-order valence-electron chi connectivity index (χ0n) is 48.8. The van der Waals surface area contributed by atoms with Gasteiger partial charge in [0.25, 0.3) is 0 Å². The molecule has 6 saturated carbocycles. The molecule has 12 atom stereocenters. The highest BCUT2D eigenvalue weighted by atomic mass is 35.5. The average molecular weight is 1150 g/mol. The normalized spacial score (nSPS) is 32.9. The Kier molecular flexibility index (Phi) is 18.2. The summed E-state index contributed by atoms with van der Waals surface area (Å²) in [5.74, 6) is 9.10. The van der Waals surface area contributed by atoms with Crippen LogP contribution in [0, 0.1) is 70.8 Å². The SMILES string of the molecule is Clc1cccc(N2CCN(C3CC4CCC3C4)CC2)c1.Clc1cccc(N2CCN(CC3CC4C=CC3C4)CC2)c1.Fc1ccccc1N1CCN(C2CC3CCC2C3)CC1.Fc1ccccc1N1CCN(CC2CC3C=CC2C3)CC1. The van der Waals surface area contributed by atoms with Crippen molar-refractivity contribution in [3.63, 3.8) is 0 Å².